The molecule has 2 fully saturated rings. The van der Waals surface area contributed by atoms with E-state index in [2.05, 4.69) is 15.7 Å². The fourth-order valence-corrected chi connectivity index (χ4v) is 4.14. The van der Waals surface area contributed by atoms with Crippen LogP contribution in [0.15, 0.2) is 18.2 Å². The Balaban J connectivity index is 1.47. The Bertz CT molecular complexity index is 1060. The van der Waals surface area contributed by atoms with Crippen molar-refractivity contribution in [1.82, 2.24) is 25.3 Å². The zero-order valence-corrected chi connectivity index (χ0v) is 17.5. The number of nitrogens with one attached hydrogen (secondary N) is 2. The van der Waals surface area contributed by atoms with Gasteiger partial charge in [0.2, 0.25) is 17.7 Å². The largest absolute Gasteiger partial charge is 0.482 e. The van der Waals surface area contributed by atoms with E-state index < -0.39 is 5.92 Å². The lowest BCUT2D eigenvalue weighted by Gasteiger charge is -2.29. The summed E-state index contributed by atoms with van der Waals surface area (Å²) in [7, 11) is 3.50. The molecule has 2 saturated heterocycles. The van der Waals surface area contributed by atoms with Crippen molar-refractivity contribution in [3.63, 3.8) is 0 Å². The van der Waals surface area contributed by atoms with E-state index >= 15 is 0 Å². The molecule has 10 nitrogen and oxygen atoms in total. The van der Waals surface area contributed by atoms with E-state index in [0.29, 0.717) is 36.3 Å². The van der Waals surface area contributed by atoms with Crippen molar-refractivity contribution in [3.05, 3.63) is 23.9 Å². The molecule has 0 radical (unpaired) electrons. The highest BCUT2D eigenvalue weighted by molar-refractivity contribution is 6.03. The van der Waals surface area contributed by atoms with Gasteiger partial charge in [-0.3, -0.25) is 29.2 Å². The number of carbonyl (C=O) groups excluding carboxylic acids is 4. The summed E-state index contributed by atoms with van der Waals surface area (Å²) in [6, 6.07) is 5.18. The number of hydrogen-bond acceptors (Lipinski definition) is 6. The molecule has 2 aliphatic rings. The number of hydrogen-bond donors (Lipinski definition) is 2. The number of para-hydroxylation sites is 1. The average molecular weight is 427 g/mol. The van der Waals surface area contributed by atoms with E-state index in [9.17, 15) is 19.2 Å². The van der Waals surface area contributed by atoms with Crippen molar-refractivity contribution in [1.29, 1.82) is 0 Å². The van der Waals surface area contributed by atoms with Crippen LogP contribution in [0.2, 0.25) is 0 Å². The molecule has 3 heterocycles. The lowest BCUT2D eigenvalue weighted by Crippen LogP contribution is -2.47. The highest BCUT2D eigenvalue weighted by Gasteiger charge is 2.32. The molecule has 2 atom stereocenters. The number of piperidine rings is 2. The van der Waals surface area contributed by atoms with Gasteiger partial charge in [-0.1, -0.05) is 12.1 Å². The number of ether oxygens (including phenoxy) is 1. The predicted octanol–water partition coefficient (Wildman–Crippen LogP) is 0.209. The number of fused-ring (bicyclic) bond motifs is 1. The van der Waals surface area contributed by atoms with Crippen LogP contribution < -0.4 is 15.4 Å². The van der Waals surface area contributed by atoms with Crippen molar-refractivity contribution in [2.75, 3.05) is 20.2 Å². The number of carbonyl (C=O) groups is 4. The molecule has 31 heavy (non-hydrogen) atoms. The Morgan fingerprint density at radius 3 is 2.81 bits per heavy atom. The molecule has 164 valence electrons. The second kappa shape index (κ2) is 8.37. The molecule has 10 heteroatoms. The first-order valence-corrected chi connectivity index (χ1v) is 10.3. The van der Waals surface area contributed by atoms with E-state index in [0.717, 1.165) is 5.39 Å². The molecule has 2 unspecified atom stereocenters. The second-order valence-electron chi connectivity index (χ2n) is 8.03. The monoisotopic (exact) mass is 427 g/mol. The van der Waals surface area contributed by atoms with Gasteiger partial charge < -0.3 is 15.0 Å². The summed E-state index contributed by atoms with van der Waals surface area (Å²) >= 11 is 0. The van der Waals surface area contributed by atoms with Gasteiger partial charge in [0.25, 0.3) is 5.91 Å². The third-order valence-corrected chi connectivity index (χ3v) is 5.81. The van der Waals surface area contributed by atoms with Crippen LogP contribution in [0.25, 0.3) is 10.9 Å². The summed E-state index contributed by atoms with van der Waals surface area (Å²) in [5, 5.41) is 10.5. The Labute approximate surface area is 178 Å². The molecule has 0 saturated carbocycles. The van der Waals surface area contributed by atoms with E-state index in [-0.39, 0.29) is 49.1 Å². The number of aromatic nitrogens is 2. The fraction of sp³-hybridized carbons (Fsp3) is 0.476. The van der Waals surface area contributed by atoms with E-state index in [4.69, 9.17) is 4.74 Å². The van der Waals surface area contributed by atoms with Crippen LogP contribution in [0.3, 0.4) is 0 Å². The molecule has 0 bridgehead atoms. The molecular weight excluding hydrogens is 402 g/mol. The molecule has 2 aliphatic heterocycles. The molecule has 4 amide bonds. The van der Waals surface area contributed by atoms with Gasteiger partial charge in [0, 0.05) is 44.9 Å². The van der Waals surface area contributed by atoms with Crippen molar-refractivity contribution >= 4 is 34.5 Å². The number of imide groups is 1. The highest BCUT2D eigenvalue weighted by Crippen LogP contribution is 2.34. The molecule has 2 N–H and O–H groups in total. The molecule has 1 aromatic heterocycles. The summed E-state index contributed by atoms with van der Waals surface area (Å²) in [6.45, 7) is 0.417. The first-order chi connectivity index (χ1) is 14.8. The molecular formula is C21H25N5O5. The van der Waals surface area contributed by atoms with Crippen molar-refractivity contribution in [2.45, 2.75) is 37.6 Å². The lowest BCUT2D eigenvalue weighted by molar-refractivity contribution is -0.135. The molecule has 0 aliphatic carbocycles. The quantitative estimate of drug-likeness (QED) is 0.658. The maximum absolute atomic E-state index is 12.4. The summed E-state index contributed by atoms with van der Waals surface area (Å²) < 4.78 is 7.40. The second-order valence-corrected chi connectivity index (χ2v) is 8.03. The van der Waals surface area contributed by atoms with Crippen molar-refractivity contribution in [3.8, 4) is 5.75 Å². The number of benzene rings is 1. The van der Waals surface area contributed by atoms with Gasteiger partial charge in [-0.2, -0.15) is 5.10 Å². The SMILES string of the molecule is CN1CCC(NC(=O)COc2cccc3c(C4CCC(=O)NC4=O)nn(C)c23)CC1=O. The van der Waals surface area contributed by atoms with Crippen molar-refractivity contribution < 1.29 is 23.9 Å². The van der Waals surface area contributed by atoms with Crippen LogP contribution in [0.1, 0.15) is 37.3 Å². The minimum absolute atomic E-state index is 0.0121. The van der Waals surface area contributed by atoms with Gasteiger partial charge in [0.1, 0.15) is 11.3 Å². The van der Waals surface area contributed by atoms with Crippen molar-refractivity contribution in [2.24, 2.45) is 7.05 Å². The molecule has 0 spiro atoms. The number of aryl methyl sites for hydroxylation is 1. The van der Waals surface area contributed by atoms with Gasteiger partial charge in [0.15, 0.2) is 6.61 Å². The average Bonchev–Trinajstić information content (AvgIpc) is 3.06. The minimum atomic E-state index is -0.512. The van der Waals surface area contributed by atoms with Gasteiger partial charge in [-0.15, -0.1) is 0 Å². The van der Waals surface area contributed by atoms with E-state index in [1.54, 1.807) is 35.8 Å². The topological polar surface area (TPSA) is 123 Å². The molecule has 4 rings (SSSR count). The van der Waals surface area contributed by atoms with Crippen LogP contribution in [-0.4, -0.2) is 64.6 Å². The zero-order chi connectivity index (χ0) is 22.1. The number of rotatable bonds is 5. The summed E-state index contributed by atoms with van der Waals surface area (Å²) in [4.78, 5) is 49.6. The Morgan fingerprint density at radius 2 is 2.06 bits per heavy atom. The lowest BCUT2D eigenvalue weighted by atomic mass is 9.93. The Hall–Kier alpha value is -3.43. The van der Waals surface area contributed by atoms with Crippen LogP contribution in [0.5, 0.6) is 5.75 Å². The summed E-state index contributed by atoms with van der Waals surface area (Å²) in [5.41, 5.74) is 1.26. The Kier molecular flexibility index (Phi) is 5.62. The van der Waals surface area contributed by atoms with Crippen LogP contribution in [0.4, 0.5) is 0 Å². The fourth-order valence-electron chi connectivity index (χ4n) is 4.14. The summed E-state index contributed by atoms with van der Waals surface area (Å²) in [6.07, 6.45) is 1.67. The minimum Gasteiger partial charge on any atom is -0.482 e. The summed E-state index contributed by atoms with van der Waals surface area (Å²) in [5.74, 6) is -0.954. The number of likely N-dealkylation sites (tertiary alicyclic amines) is 1. The van der Waals surface area contributed by atoms with Gasteiger partial charge >= 0.3 is 0 Å². The molecule has 1 aromatic carbocycles. The smallest absolute Gasteiger partial charge is 0.258 e. The van der Waals surface area contributed by atoms with Gasteiger partial charge in [0.05, 0.1) is 11.6 Å². The van der Waals surface area contributed by atoms with Crippen LogP contribution in [-0.2, 0) is 26.2 Å². The maximum atomic E-state index is 12.4. The van der Waals surface area contributed by atoms with Crippen LogP contribution in [0, 0.1) is 0 Å². The Morgan fingerprint density at radius 1 is 1.26 bits per heavy atom. The number of amides is 4. The first kappa shape index (κ1) is 20.8. The van der Waals surface area contributed by atoms with Crippen LogP contribution >= 0.6 is 0 Å². The number of nitrogens with zero attached hydrogens (tertiary/aromatic N) is 3. The predicted molar refractivity (Wildman–Crippen MR) is 110 cm³/mol. The third-order valence-electron chi connectivity index (χ3n) is 5.81. The first-order valence-electron chi connectivity index (χ1n) is 10.3. The standard InChI is InChI=1S/C21H25N5O5/c1-25-9-8-12(10-18(25)29)22-17(28)11-31-15-5-3-4-13-19(24-26(2)20(13)15)14-6-7-16(27)23-21(14)30/h3-5,12,14H,6-11H2,1-2H3,(H,22,28)(H,23,27,30). The highest BCUT2D eigenvalue weighted by atomic mass is 16.5. The zero-order valence-electron chi connectivity index (χ0n) is 17.5. The van der Waals surface area contributed by atoms with Gasteiger partial charge in [-0.25, -0.2) is 0 Å². The van der Waals surface area contributed by atoms with Gasteiger partial charge in [-0.05, 0) is 18.9 Å². The normalized spacial score (nSPS) is 21.9. The maximum Gasteiger partial charge on any atom is 0.258 e. The van der Waals surface area contributed by atoms with E-state index in [1.165, 1.54) is 0 Å². The van der Waals surface area contributed by atoms with E-state index in [1.807, 2.05) is 6.07 Å². The molecule has 2 aromatic rings. The third kappa shape index (κ3) is 4.23.